The van der Waals surface area contributed by atoms with Crippen LogP contribution in [0, 0.1) is 0 Å². The van der Waals surface area contributed by atoms with Crippen LogP contribution in [0.25, 0.3) is 0 Å². The number of amides is 3. The molecule has 1 heterocycles. The maximum Gasteiger partial charge on any atom is 0.321 e. The average Bonchev–Trinajstić information content (AvgIpc) is 3.08. The molecule has 6 nitrogen and oxygen atoms in total. The number of rotatable bonds is 7. The van der Waals surface area contributed by atoms with Crippen LogP contribution in [-0.4, -0.2) is 25.0 Å². The Bertz CT molecular complexity index is 537. The number of carbonyl (C=O) groups is 2. The van der Waals surface area contributed by atoms with Crippen molar-refractivity contribution in [1.29, 1.82) is 0 Å². The summed E-state index contributed by atoms with van der Waals surface area (Å²) in [5, 5.41) is 8.04. The maximum absolute atomic E-state index is 11.7. The van der Waals surface area contributed by atoms with Crippen LogP contribution in [0.4, 0.5) is 4.79 Å². The van der Waals surface area contributed by atoms with Crippen molar-refractivity contribution in [2.24, 2.45) is 0 Å². The normalized spacial score (nSPS) is 15.6. The average molecular weight is 319 g/mol. The summed E-state index contributed by atoms with van der Waals surface area (Å²) in [6.45, 7) is 2.51. The molecule has 0 aliphatic heterocycles. The van der Waals surface area contributed by atoms with E-state index in [1.807, 2.05) is 13.0 Å². The summed E-state index contributed by atoms with van der Waals surface area (Å²) in [5.41, 5.74) is 1.40. The Hall–Kier alpha value is -2.08. The van der Waals surface area contributed by atoms with Crippen molar-refractivity contribution < 1.29 is 14.0 Å². The van der Waals surface area contributed by atoms with E-state index in [1.165, 1.54) is 18.4 Å². The molecule has 0 unspecified atom stereocenters. The van der Waals surface area contributed by atoms with Gasteiger partial charge in [0.25, 0.3) is 0 Å². The Kier molecular flexibility index (Phi) is 6.87. The van der Waals surface area contributed by atoms with Gasteiger partial charge < -0.3 is 9.73 Å². The molecule has 1 aromatic rings. The van der Waals surface area contributed by atoms with Crippen LogP contribution < -0.4 is 16.0 Å². The molecule has 0 spiro atoms. The first-order valence-electron chi connectivity index (χ1n) is 8.17. The third-order valence-corrected chi connectivity index (χ3v) is 3.91. The van der Waals surface area contributed by atoms with Gasteiger partial charge in [-0.2, -0.15) is 0 Å². The van der Waals surface area contributed by atoms with E-state index in [1.54, 1.807) is 12.3 Å². The molecule has 1 aromatic heterocycles. The number of imide groups is 1. The molecule has 2 rings (SSSR count). The van der Waals surface area contributed by atoms with Gasteiger partial charge in [-0.15, -0.1) is 0 Å². The zero-order chi connectivity index (χ0) is 16.5. The predicted molar refractivity (Wildman–Crippen MR) is 87.8 cm³/mol. The lowest BCUT2D eigenvalue weighted by atomic mass is 9.97. The molecule has 6 heteroatoms. The van der Waals surface area contributed by atoms with Crippen LogP contribution >= 0.6 is 0 Å². The van der Waals surface area contributed by atoms with Crippen molar-refractivity contribution in [3.8, 4) is 0 Å². The third-order valence-electron chi connectivity index (χ3n) is 3.91. The van der Waals surface area contributed by atoms with E-state index in [0.717, 1.165) is 25.0 Å². The van der Waals surface area contributed by atoms with Crippen molar-refractivity contribution >= 4 is 11.9 Å². The summed E-state index contributed by atoms with van der Waals surface area (Å²) in [5.74, 6) is 0.390. The Morgan fingerprint density at radius 3 is 2.91 bits per heavy atom. The zero-order valence-electron chi connectivity index (χ0n) is 13.6. The number of furan rings is 1. The summed E-state index contributed by atoms with van der Waals surface area (Å²) in [6.07, 6.45) is 9.45. The van der Waals surface area contributed by atoms with Crippen LogP contribution in [0.1, 0.15) is 50.8 Å². The second kappa shape index (κ2) is 9.15. The van der Waals surface area contributed by atoms with Gasteiger partial charge in [0.05, 0.1) is 18.8 Å². The lowest BCUT2D eigenvalue weighted by Crippen LogP contribution is -2.44. The molecule has 3 N–H and O–H groups in total. The third kappa shape index (κ3) is 6.28. The van der Waals surface area contributed by atoms with E-state index in [4.69, 9.17) is 4.42 Å². The number of nitrogens with one attached hydrogen (secondary N) is 3. The van der Waals surface area contributed by atoms with Gasteiger partial charge in [0.1, 0.15) is 5.76 Å². The van der Waals surface area contributed by atoms with Gasteiger partial charge in [-0.1, -0.05) is 11.6 Å². The van der Waals surface area contributed by atoms with E-state index in [2.05, 4.69) is 22.0 Å². The maximum atomic E-state index is 11.7. The molecule has 0 aromatic carbocycles. The van der Waals surface area contributed by atoms with E-state index >= 15 is 0 Å². The summed E-state index contributed by atoms with van der Waals surface area (Å²) < 4.78 is 5.24. The highest BCUT2D eigenvalue weighted by atomic mass is 16.3. The topological polar surface area (TPSA) is 83.4 Å². The summed E-state index contributed by atoms with van der Waals surface area (Å²) in [7, 11) is 0. The van der Waals surface area contributed by atoms with Crippen molar-refractivity contribution in [3.05, 3.63) is 35.8 Å². The number of allylic oxidation sites excluding steroid dienone is 1. The minimum atomic E-state index is -0.445. The fraction of sp³-hybridized carbons (Fsp3) is 0.529. The second-order valence-electron chi connectivity index (χ2n) is 5.78. The largest absolute Gasteiger partial charge is 0.468 e. The smallest absolute Gasteiger partial charge is 0.321 e. The first kappa shape index (κ1) is 17.3. The van der Waals surface area contributed by atoms with Crippen LogP contribution in [0.2, 0.25) is 0 Å². The lowest BCUT2D eigenvalue weighted by Gasteiger charge is -2.13. The van der Waals surface area contributed by atoms with Crippen LogP contribution in [0.15, 0.2) is 34.5 Å². The fourth-order valence-electron chi connectivity index (χ4n) is 2.57. The van der Waals surface area contributed by atoms with Crippen LogP contribution in [0.5, 0.6) is 0 Å². The monoisotopic (exact) mass is 319 g/mol. The Morgan fingerprint density at radius 2 is 2.22 bits per heavy atom. The highest BCUT2D eigenvalue weighted by Gasteiger charge is 2.12. The van der Waals surface area contributed by atoms with Crippen molar-refractivity contribution in [3.63, 3.8) is 0 Å². The van der Waals surface area contributed by atoms with Gasteiger partial charge in [-0.25, -0.2) is 4.79 Å². The highest BCUT2D eigenvalue weighted by molar-refractivity contribution is 5.95. The molecular weight excluding hydrogens is 294 g/mol. The SMILES string of the molecule is C[C@@H](NCC(=O)NC(=O)NCCC1=CCCCC1)c1ccco1. The van der Waals surface area contributed by atoms with Gasteiger partial charge in [-0.3, -0.25) is 15.4 Å². The number of urea groups is 1. The molecule has 3 amide bonds. The quantitative estimate of drug-likeness (QED) is 0.675. The molecule has 1 atom stereocenters. The second-order valence-corrected chi connectivity index (χ2v) is 5.78. The van der Waals surface area contributed by atoms with Crippen molar-refractivity contribution in [2.75, 3.05) is 13.1 Å². The Labute approximate surface area is 136 Å². The van der Waals surface area contributed by atoms with Crippen molar-refractivity contribution in [1.82, 2.24) is 16.0 Å². The minimum absolute atomic E-state index is 0.0560. The first-order valence-corrected chi connectivity index (χ1v) is 8.17. The summed E-state index contributed by atoms with van der Waals surface area (Å²) >= 11 is 0. The van der Waals surface area contributed by atoms with Gasteiger partial charge in [0, 0.05) is 6.54 Å². The molecular formula is C17H25N3O3. The molecule has 0 fully saturated rings. The molecule has 1 aliphatic rings. The minimum Gasteiger partial charge on any atom is -0.468 e. The number of hydrogen-bond acceptors (Lipinski definition) is 4. The lowest BCUT2D eigenvalue weighted by molar-refractivity contribution is -0.119. The van der Waals surface area contributed by atoms with Crippen molar-refractivity contribution in [2.45, 2.75) is 45.1 Å². The van der Waals surface area contributed by atoms with E-state index in [-0.39, 0.29) is 18.5 Å². The molecule has 0 bridgehead atoms. The van der Waals surface area contributed by atoms with E-state index < -0.39 is 6.03 Å². The van der Waals surface area contributed by atoms with Gasteiger partial charge in [-0.05, 0) is 51.2 Å². The Morgan fingerprint density at radius 1 is 1.35 bits per heavy atom. The van der Waals surface area contributed by atoms with Gasteiger partial charge in [0.2, 0.25) is 5.91 Å². The predicted octanol–water partition coefficient (Wildman–Crippen LogP) is 2.65. The highest BCUT2D eigenvalue weighted by Crippen LogP contribution is 2.19. The van der Waals surface area contributed by atoms with Crippen LogP contribution in [0.3, 0.4) is 0 Å². The first-order chi connectivity index (χ1) is 11.1. The van der Waals surface area contributed by atoms with E-state index in [9.17, 15) is 9.59 Å². The molecule has 0 saturated carbocycles. The summed E-state index contributed by atoms with van der Waals surface area (Å²) in [6, 6.07) is 3.10. The van der Waals surface area contributed by atoms with E-state index in [0.29, 0.717) is 6.54 Å². The molecule has 126 valence electrons. The van der Waals surface area contributed by atoms with Crippen LogP contribution in [-0.2, 0) is 4.79 Å². The zero-order valence-corrected chi connectivity index (χ0v) is 13.6. The fourth-order valence-corrected chi connectivity index (χ4v) is 2.57. The molecule has 23 heavy (non-hydrogen) atoms. The summed E-state index contributed by atoms with van der Waals surface area (Å²) in [4.78, 5) is 23.4. The standard InChI is InChI=1S/C17H25N3O3/c1-13(15-8-5-11-23-15)19-12-16(21)20-17(22)18-10-9-14-6-3-2-4-7-14/h5-6,8,11,13,19H,2-4,7,9-10,12H2,1H3,(H2,18,20,21,22)/t13-/m1/s1. The molecule has 0 saturated heterocycles. The molecule has 1 aliphatic carbocycles. The number of hydrogen-bond donors (Lipinski definition) is 3. The number of carbonyl (C=O) groups excluding carboxylic acids is 2. The van der Waals surface area contributed by atoms with Gasteiger partial charge >= 0.3 is 6.03 Å². The Balaban J connectivity index is 1.58. The molecule has 0 radical (unpaired) electrons. The van der Waals surface area contributed by atoms with Gasteiger partial charge in [0.15, 0.2) is 0 Å².